The molecule has 0 saturated heterocycles. The zero-order valence-electron chi connectivity index (χ0n) is 18.1. The summed E-state index contributed by atoms with van der Waals surface area (Å²) in [7, 11) is 0.817. The van der Waals surface area contributed by atoms with Crippen LogP contribution >= 0.6 is 0 Å². The van der Waals surface area contributed by atoms with Crippen LogP contribution in [0.25, 0.3) is 0 Å². The lowest BCUT2D eigenvalue weighted by Gasteiger charge is -2.14. The number of benzene rings is 2. The molecule has 0 aliphatic heterocycles. The van der Waals surface area contributed by atoms with E-state index in [1.807, 2.05) is 6.92 Å². The van der Waals surface area contributed by atoms with Crippen molar-refractivity contribution in [2.45, 2.75) is 24.8 Å². The summed E-state index contributed by atoms with van der Waals surface area (Å²) in [5.74, 6) is 1.71. The number of rotatable bonds is 12. The first-order chi connectivity index (χ1) is 14.8. The Balaban J connectivity index is 1.88. The van der Waals surface area contributed by atoms with Gasteiger partial charge in [-0.15, -0.1) is 0 Å². The molecule has 2 N–H and O–H groups in total. The van der Waals surface area contributed by atoms with Crippen molar-refractivity contribution in [2.75, 3.05) is 34.5 Å². The van der Waals surface area contributed by atoms with Gasteiger partial charge in [0, 0.05) is 19.5 Å². The topological polar surface area (TPSA) is 112 Å². The van der Waals surface area contributed by atoms with E-state index in [2.05, 4.69) is 10.0 Å². The van der Waals surface area contributed by atoms with E-state index in [4.69, 9.17) is 18.9 Å². The summed E-state index contributed by atoms with van der Waals surface area (Å²) < 4.78 is 48.3. The SMILES string of the molecule is CCOc1ccc(S(=O)(=O)NCCC(=O)NCc2cc(OC)c(OC)c(OC)c2)cc1. The molecule has 0 aliphatic carbocycles. The average Bonchev–Trinajstić information content (AvgIpc) is 2.77. The zero-order chi connectivity index (χ0) is 22.9. The number of amides is 1. The summed E-state index contributed by atoms with van der Waals surface area (Å²) in [6.45, 7) is 2.53. The lowest BCUT2D eigenvalue weighted by Crippen LogP contribution is -2.30. The van der Waals surface area contributed by atoms with Gasteiger partial charge < -0.3 is 24.3 Å². The smallest absolute Gasteiger partial charge is 0.240 e. The van der Waals surface area contributed by atoms with E-state index in [-0.39, 0.29) is 30.3 Å². The van der Waals surface area contributed by atoms with E-state index in [0.717, 1.165) is 5.56 Å². The molecule has 0 fully saturated rings. The maximum absolute atomic E-state index is 12.3. The summed E-state index contributed by atoms with van der Waals surface area (Å²) in [4.78, 5) is 12.2. The molecule has 0 radical (unpaired) electrons. The van der Waals surface area contributed by atoms with E-state index in [1.165, 1.54) is 33.5 Å². The first-order valence-corrected chi connectivity index (χ1v) is 11.1. The molecular weight excluding hydrogens is 424 g/mol. The minimum Gasteiger partial charge on any atom is -0.494 e. The third-order valence-electron chi connectivity index (χ3n) is 4.30. The van der Waals surface area contributed by atoms with Gasteiger partial charge in [0.05, 0.1) is 32.8 Å². The van der Waals surface area contributed by atoms with E-state index in [1.54, 1.807) is 24.3 Å². The van der Waals surface area contributed by atoms with E-state index in [9.17, 15) is 13.2 Å². The van der Waals surface area contributed by atoms with Crippen molar-refractivity contribution in [1.29, 1.82) is 0 Å². The normalized spacial score (nSPS) is 11.0. The van der Waals surface area contributed by atoms with Crippen molar-refractivity contribution in [3.05, 3.63) is 42.0 Å². The van der Waals surface area contributed by atoms with E-state index in [0.29, 0.717) is 29.6 Å². The molecule has 0 saturated carbocycles. The first-order valence-electron chi connectivity index (χ1n) is 9.62. The van der Waals surface area contributed by atoms with Crippen molar-refractivity contribution in [2.24, 2.45) is 0 Å². The summed E-state index contributed by atoms with van der Waals surface area (Å²) >= 11 is 0. The van der Waals surface area contributed by atoms with Crippen LogP contribution in [0.1, 0.15) is 18.9 Å². The number of carbonyl (C=O) groups is 1. The van der Waals surface area contributed by atoms with Gasteiger partial charge in [0.15, 0.2) is 11.5 Å². The molecule has 0 bridgehead atoms. The molecule has 31 heavy (non-hydrogen) atoms. The molecule has 0 aliphatic rings. The molecule has 2 aromatic carbocycles. The van der Waals surface area contributed by atoms with Gasteiger partial charge in [-0.25, -0.2) is 13.1 Å². The number of carbonyl (C=O) groups excluding carboxylic acids is 1. The maximum atomic E-state index is 12.3. The highest BCUT2D eigenvalue weighted by Gasteiger charge is 2.16. The van der Waals surface area contributed by atoms with Crippen LogP contribution in [0.4, 0.5) is 0 Å². The lowest BCUT2D eigenvalue weighted by atomic mass is 10.1. The minimum absolute atomic E-state index is 0.0132. The number of hydrogen-bond acceptors (Lipinski definition) is 7. The van der Waals surface area contributed by atoms with Gasteiger partial charge in [-0.3, -0.25) is 4.79 Å². The number of methoxy groups -OCH3 is 3. The van der Waals surface area contributed by atoms with Crippen LogP contribution < -0.4 is 29.0 Å². The largest absolute Gasteiger partial charge is 0.494 e. The minimum atomic E-state index is -3.71. The molecule has 0 unspecified atom stereocenters. The molecule has 10 heteroatoms. The second-order valence-electron chi connectivity index (χ2n) is 6.36. The van der Waals surface area contributed by atoms with Gasteiger partial charge in [0.2, 0.25) is 21.7 Å². The summed E-state index contributed by atoms with van der Waals surface area (Å²) in [6.07, 6.45) is -0.0132. The Labute approximate surface area is 182 Å². The van der Waals surface area contributed by atoms with Gasteiger partial charge in [0.25, 0.3) is 0 Å². The molecule has 2 aromatic rings. The van der Waals surface area contributed by atoms with Crippen LogP contribution in [0, 0.1) is 0 Å². The Morgan fingerprint density at radius 3 is 2.10 bits per heavy atom. The predicted octanol–water partition coefficient (Wildman–Crippen LogP) is 2.10. The van der Waals surface area contributed by atoms with E-state index >= 15 is 0 Å². The van der Waals surface area contributed by atoms with Crippen LogP contribution in [-0.4, -0.2) is 48.8 Å². The van der Waals surface area contributed by atoms with Crippen LogP contribution in [-0.2, 0) is 21.4 Å². The summed E-state index contributed by atoms with van der Waals surface area (Å²) in [5, 5.41) is 2.74. The third kappa shape index (κ3) is 6.76. The number of sulfonamides is 1. The number of nitrogens with one attached hydrogen (secondary N) is 2. The fourth-order valence-electron chi connectivity index (χ4n) is 2.79. The molecule has 9 nitrogen and oxygen atoms in total. The third-order valence-corrected chi connectivity index (χ3v) is 5.78. The van der Waals surface area contributed by atoms with Crippen LogP contribution in [0.2, 0.25) is 0 Å². The number of ether oxygens (including phenoxy) is 4. The summed E-state index contributed by atoms with van der Waals surface area (Å²) in [6, 6.07) is 9.55. The lowest BCUT2D eigenvalue weighted by molar-refractivity contribution is -0.121. The average molecular weight is 453 g/mol. The molecule has 170 valence electrons. The Kier molecular flexibility index (Phi) is 8.95. The number of hydrogen-bond donors (Lipinski definition) is 2. The van der Waals surface area contributed by atoms with Crippen molar-refractivity contribution in [3.63, 3.8) is 0 Å². The molecule has 0 spiro atoms. The quantitative estimate of drug-likeness (QED) is 0.507. The van der Waals surface area contributed by atoms with Crippen LogP contribution in [0.3, 0.4) is 0 Å². The van der Waals surface area contributed by atoms with Gasteiger partial charge in [-0.1, -0.05) is 0 Å². The fourth-order valence-corrected chi connectivity index (χ4v) is 3.82. The fraction of sp³-hybridized carbons (Fsp3) is 0.381. The van der Waals surface area contributed by atoms with Crippen molar-refractivity contribution in [1.82, 2.24) is 10.0 Å². The predicted molar refractivity (Wildman–Crippen MR) is 115 cm³/mol. The maximum Gasteiger partial charge on any atom is 0.240 e. The second-order valence-corrected chi connectivity index (χ2v) is 8.13. The Hall–Kier alpha value is -2.98. The Morgan fingerprint density at radius 1 is 0.968 bits per heavy atom. The summed E-state index contributed by atoms with van der Waals surface area (Å²) in [5.41, 5.74) is 0.748. The Bertz CT molecular complexity index is 951. The Morgan fingerprint density at radius 2 is 1.58 bits per heavy atom. The van der Waals surface area contributed by atoms with Crippen molar-refractivity contribution in [3.8, 4) is 23.0 Å². The van der Waals surface area contributed by atoms with Crippen LogP contribution in [0.15, 0.2) is 41.3 Å². The van der Waals surface area contributed by atoms with E-state index < -0.39 is 10.0 Å². The van der Waals surface area contributed by atoms with Crippen LogP contribution in [0.5, 0.6) is 23.0 Å². The highest BCUT2D eigenvalue weighted by atomic mass is 32.2. The zero-order valence-corrected chi connectivity index (χ0v) is 18.9. The van der Waals surface area contributed by atoms with Gasteiger partial charge in [0.1, 0.15) is 5.75 Å². The monoisotopic (exact) mass is 452 g/mol. The first kappa shape index (κ1) is 24.3. The molecule has 0 aromatic heterocycles. The highest BCUT2D eigenvalue weighted by Crippen LogP contribution is 2.38. The van der Waals surface area contributed by atoms with Crippen molar-refractivity contribution >= 4 is 15.9 Å². The van der Waals surface area contributed by atoms with Crippen molar-refractivity contribution < 1.29 is 32.2 Å². The van der Waals surface area contributed by atoms with Gasteiger partial charge in [-0.05, 0) is 48.9 Å². The standard InChI is InChI=1S/C21H28N2O7S/c1-5-30-16-6-8-17(9-7-16)31(25,26)23-11-10-20(24)22-14-15-12-18(27-2)21(29-4)19(13-15)28-3/h6-9,12-13,23H,5,10-11,14H2,1-4H3,(H,22,24). The van der Waals surface area contributed by atoms with Gasteiger partial charge >= 0.3 is 0 Å². The molecular formula is C21H28N2O7S. The highest BCUT2D eigenvalue weighted by molar-refractivity contribution is 7.89. The molecule has 0 heterocycles. The van der Waals surface area contributed by atoms with Gasteiger partial charge in [-0.2, -0.15) is 0 Å². The second kappa shape index (κ2) is 11.4. The molecule has 0 atom stereocenters. The molecule has 1 amide bonds. The molecule has 2 rings (SSSR count).